The Morgan fingerprint density at radius 1 is 1.03 bits per heavy atom. The summed E-state index contributed by atoms with van der Waals surface area (Å²) in [5, 5.41) is 4.73. The topological polar surface area (TPSA) is 55.2 Å². The van der Waals surface area contributed by atoms with Crippen LogP contribution in [-0.4, -0.2) is 26.3 Å². The van der Waals surface area contributed by atoms with E-state index in [0.717, 1.165) is 28.6 Å². The molecule has 1 N–H and O–H groups in total. The van der Waals surface area contributed by atoms with Crippen molar-refractivity contribution in [3.05, 3.63) is 102 Å². The number of benzene rings is 1. The van der Waals surface area contributed by atoms with Crippen LogP contribution in [0.3, 0.4) is 0 Å². The zero-order valence-electron chi connectivity index (χ0n) is 17.9. The summed E-state index contributed by atoms with van der Waals surface area (Å²) in [5.41, 5.74) is 2.91. The first-order chi connectivity index (χ1) is 16.2. The fraction of sp³-hybridized carbons (Fsp3) is 0.160. The van der Waals surface area contributed by atoms with Gasteiger partial charge in [-0.2, -0.15) is 0 Å². The monoisotopic (exact) mass is 475 g/mol. The highest BCUT2D eigenvalue weighted by molar-refractivity contribution is 7.80. The molecule has 2 atom stereocenters. The number of hydrogen-bond acceptors (Lipinski definition) is 4. The van der Waals surface area contributed by atoms with Crippen LogP contribution in [0.15, 0.2) is 85.3 Å². The van der Waals surface area contributed by atoms with E-state index in [1.807, 2.05) is 73.8 Å². The molecule has 6 nitrogen and oxygen atoms in total. The summed E-state index contributed by atoms with van der Waals surface area (Å²) in [7, 11) is 0. The summed E-state index contributed by atoms with van der Waals surface area (Å²) in [6, 6.07) is 21.5. The lowest BCUT2D eigenvalue weighted by molar-refractivity contribution is 0.340. The Hall–Kier alpha value is -3.42. The molecule has 1 aliphatic heterocycles. The first kappa shape index (κ1) is 21.4. The molecule has 0 aliphatic carbocycles. The van der Waals surface area contributed by atoms with E-state index < -0.39 is 0 Å². The molecule has 1 aromatic carbocycles. The molecule has 0 saturated carbocycles. The minimum absolute atomic E-state index is 0.147. The first-order valence-electron chi connectivity index (χ1n) is 10.7. The van der Waals surface area contributed by atoms with Crippen LogP contribution in [0.1, 0.15) is 30.4 Å². The summed E-state index contributed by atoms with van der Waals surface area (Å²) in [6.07, 6.45) is 5.45. The Morgan fingerprint density at radius 3 is 2.58 bits per heavy atom. The first-order valence-corrected chi connectivity index (χ1v) is 11.5. The molecular weight excluding hydrogens is 454 g/mol. The SMILES string of the molecule is CCOc1ccc(N2C(=S)N[C@@H](c3ccccn3)[C@@H]2c2cccn2-c2ccc(Cl)cn2)cc1. The van der Waals surface area contributed by atoms with Crippen molar-refractivity contribution in [3.63, 3.8) is 0 Å². The number of halogens is 1. The summed E-state index contributed by atoms with van der Waals surface area (Å²) < 4.78 is 7.69. The van der Waals surface area contributed by atoms with Crippen LogP contribution >= 0.6 is 23.8 Å². The van der Waals surface area contributed by atoms with E-state index in [1.54, 1.807) is 12.4 Å². The smallest absolute Gasteiger partial charge is 0.174 e. The Kier molecular flexibility index (Phi) is 5.98. The van der Waals surface area contributed by atoms with Crippen molar-refractivity contribution in [2.75, 3.05) is 11.5 Å². The van der Waals surface area contributed by atoms with Crippen molar-refractivity contribution in [2.24, 2.45) is 0 Å². The van der Waals surface area contributed by atoms with Gasteiger partial charge in [0.25, 0.3) is 0 Å². The van der Waals surface area contributed by atoms with Crippen molar-refractivity contribution in [1.82, 2.24) is 19.9 Å². The average Bonchev–Trinajstić information content (AvgIpc) is 3.45. The second-order valence-electron chi connectivity index (χ2n) is 7.56. The maximum Gasteiger partial charge on any atom is 0.174 e. The van der Waals surface area contributed by atoms with E-state index in [-0.39, 0.29) is 12.1 Å². The maximum atomic E-state index is 6.08. The van der Waals surface area contributed by atoms with Crippen molar-refractivity contribution in [1.29, 1.82) is 0 Å². The number of nitrogens with one attached hydrogen (secondary N) is 1. The van der Waals surface area contributed by atoms with Crippen molar-refractivity contribution in [3.8, 4) is 11.6 Å². The van der Waals surface area contributed by atoms with Crippen LogP contribution in [0, 0.1) is 0 Å². The molecule has 1 saturated heterocycles. The maximum absolute atomic E-state index is 6.08. The standard InChI is InChI=1S/C25H22ClN5OS/c1-2-32-19-11-9-18(10-12-19)31-24(23(29-25(31)33)20-6-3-4-14-27-20)21-7-5-15-30(21)22-13-8-17(26)16-28-22/h3-16,23-24H,2H2,1H3,(H,29,33)/t23-,24-/m0/s1. The molecule has 166 valence electrons. The third kappa shape index (κ3) is 4.17. The molecule has 1 fully saturated rings. The number of thiocarbonyl (C=S) groups is 1. The van der Waals surface area contributed by atoms with Gasteiger partial charge in [0.15, 0.2) is 5.11 Å². The molecule has 0 spiro atoms. The lowest BCUT2D eigenvalue weighted by atomic mass is 10.0. The predicted molar refractivity (Wildman–Crippen MR) is 134 cm³/mol. The van der Waals surface area contributed by atoms with Gasteiger partial charge >= 0.3 is 0 Å². The number of nitrogens with zero attached hydrogens (tertiary/aromatic N) is 4. The molecule has 8 heteroatoms. The van der Waals surface area contributed by atoms with E-state index in [1.165, 1.54) is 0 Å². The van der Waals surface area contributed by atoms with E-state index in [9.17, 15) is 0 Å². The highest BCUT2D eigenvalue weighted by Gasteiger charge is 2.42. The third-order valence-corrected chi connectivity index (χ3v) is 6.10. The second kappa shape index (κ2) is 9.21. The zero-order valence-corrected chi connectivity index (χ0v) is 19.5. The fourth-order valence-corrected chi connectivity index (χ4v) is 4.62. The van der Waals surface area contributed by atoms with Gasteiger partial charge in [0.05, 0.1) is 23.4 Å². The number of anilines is 1. The van der Waals surface area contributed by atoms with E-state index in [2.05, 4.69) is 30.8 Å². The van der Waals surface area contributed by atoms with Crippen molar-refractivity contribution >= 4 is 34.6 Å². The van der Waals surface area contributed by atoms with Crippen LogP contribution in [0.25, 0.3) is 5.82 Å². The molecule has 4 heterocycles. The van der Waals surface area contributed by atoms with Crippen LogP contribution in [0.4, 0.5) is 5.69 Å². The summed E-state index contributed by atoms with van der Waals surface area (Å²) in [4.78, 5) is 11.3. The number of rotatable bonds is 6. The number of aromatic nitrogens is 3. The molecule has 33 heavy (non-hydrogen) atoms. The number of ether oxygens (including phenoxy) is 1. The quantitative estimate of drug-likeness (QED) is 0.372. The normalized spacial score (nSPS) is 17.8. The van der Waals surface area contributed by atoms with Crippen LogP contribution < -0.4 is 15.0 Å². The minimum Gasteiger partial charge on any atom is -0.494 e. The number of pyridine rings is 2. The molecule has 5 rings (SSSR count). The van der Waals surface area contributed by atoms with Gasteiger partial charge in [-0.1, -0.05) is 17.7 Å². The van der Waals surface area contributed by atoms with Gasteiger partial charge in [-0.15, -0.1) is 0 Å². The lowest BCUT2D eigenvalue weighted by Gasteiger charge is -2.29. The van der Waals surface area contributed by atoms with Crippen molar-refractivity contribution in [2.45, 2.75) is 19.0 Å². The highest BCUT2D eigenvalue weighted by Crippen LogP contribution is 2.42. The van der Waals surface area contributed by atoms with E-state index in [0.29, 0.717) is 16.7 Å². The van der Waals surface area contributed by atoms with Gasteiger partial charge in [0.1, 0.15) is 17.6 Å². The summed E-state index contributed by atoms with van der Waals surface area (Å²) in [6.45, 7) is 2.59. The summed E-state index contributed by atoms with van der Waals surface area (Å²) >= 11 is 11.9. The van der Waals surface area contributed by atoms with Crippen LogP contribution in [0.5, 0.6) is 5.75 Å². The Balaban J connectivity index is 1.62. The Morgan fingerprint density at radius 2 is 1.88 bits per heavy atom. The molecule has 3 aromatic heterocycles. The van der Waals surface area contributed by atoms with Gasteiger partial charge in [-0.25, -0.2) is 4.98 Å². The second-order valence-corrected chi connectivity index (χ2v) is 8.38. The third-order valence-electron chi connectivity index (χ3n) is 5.57. The van der Waals surface area contributed by atoms with Gasteiger partial charge < -0.3 is 19.5 Å². The van der Waals surface area contributed by atoms with Crippen LogP contribution in [0.2, 0.25) is 5.02 Å². The molecular formula is C25H22ClN5OS. The highest BCUT2D eigenvalue weighted by atomic mass is 35.5. The minimum atomic E-state index is -0.155. The van der Waals surface area contributed by atoms with Crippen molar-refractivity contribution < 1.29 is 4.74 Å². The number of hydrogen-bond donors (Lipinski definition) is 1. The van der Waals surface area contributed by atoms with Gasteiger partial charge in [0.2, 0.25) is 0 Å². The van der Waals surface area contributed by atoms with Gasteiger partial charge in [0, 0.05) is 30.0 Å². The van der Waals surface area contributed by atoms with Crippen LogP contribution in [-0.2, 0) is 0 Å². The Labute approximate surface area is 202 Å². The summed E-state index contributed by atoms with van der Waals surface area (Å²) in [5.74, 6) is 1.61. The Bertz CT molecular complexity index is 1240. The van der Waals surface area contributed by atoms with Gasteiger partial charge in [-0.3, -0.25) is 4.98 Å². The lowest BCUT2D eigenvalue weighted by Crippen LogP contribution is -2.30. The molecule has 0 radical (unpaired) electrons. The average molecular weight is 476 g/mol. The van der Waals surface area contributed by atoms with E-state index >= 15 is 0 Å². The fourth-order valence-electron chi connectivity index (χ4n) is 4.16. The zero-order chi connectivity index (χ0) is 22.8. The van der Waals surface area contributed by atoms with Gasteiger partial charge in [-0.05, 0) is 79.8 Å². The molecule has 0 unspecified atom stereocenters. The molecule has 0 bridgehead atoms. The molecule has 0 amide bonds. The predicted octanol–water partition coefficient (Wildman–Crippen LogP) is 5.50. The largest absolute Gasteiger partial charge is 0.494 e. The van der Waals surface area contributed by atoms with E-state index in [4.69, 9.17) is 28.6 Å². The molecule has 4 aromatic rings. The molecule has 1 aliphatic rings.